The summed E-state index contributed by atoms with van der Waals surface area (Å²) in [6, 6.07) is 10.5. The van der Waals surface area contributed by atoms with Crippen molar-refractivity contribution in [1.29, 1.82) is 0 Å². The van der Waals surface area contributed by atoms with Crippen LogP contribution in [0.25, 0.3) is 0 Å². The van der Waals surface area contributed by atoms with E-state index in [1.807, 2.05) is 5.32 Å². The number of quaternary nitrogens is 1. The van der Waals surface area contributed by atoms with Crippen LogP contribution in [0.5, 0.6) is 0 Å². The van der Waals surface area contributed by atoms with E-state index in [2.05, 4.69) is 64.2 Å². The number of thiophene rings is 1. The lowest BCUT2D eigenvalue weighted by Gasteiger charge is -2.22. The maximum atomic E-state index is 12.3. The van der Waals surface area contributed by atoms with E-state index in [-0.39, 0.29) is 23.9 Å². The van der Waals surface area contributed by atoms with E-state index in [1.54, 1.807) is 11.4 Å². The molecule has 2 amide bonds. The molecule has 0 saturated carbocycles. The van der Waals surface area contributed by atoms with Gasteiger partial charge in [-0.25, -0.2) is 0 Å². The van der Waals surface area contributed by atoms with Gasteiger partial charge in [0.15, 0.2) is 6.54 Å². The Morgan fingerprint density at radius 3 is 2.30 bits per heavy atom. The molecule has 0 saturated heterocycles. The molecule has 5 N–H and O–H groups in total. The SMILES string of the molecule is CC(C)[C@H]([NH2+]CC(=O)Nc1sccc1C(N)=O)c1ccc(C(C)(C)C)cc1. The van der Waals surface area contributed by atoms with E-state index >= 15 is 0 Å². The summed E-state index contributed by atoms with van der Waals surface area (Å²) >= 11 is 1.30. The summed E-state index contributed by atoms with van der Waals surface area (Å²) in [5.41, 5.74) is 8.30. The first kappa shape index (κ1) is 21.1. The van der Waals surface area contributed by atoms with Gasteiger partial charge in [0.2, 0.25) is 0 Å². The zero-order valence-corrected chi connectivity index (χ0v) is 17.5. The van der Waals surface area contributed by atoms with E-state index in [9.17, 15) is 9.59 Å². The molecule has 1 aromatic carbocycles. The van der Waals surface area contributed by atoms with Gasteiger partial charge in [0.25, 0.3) is 11.8 Å². The van der Waals surface area contributed by atoms with Gasteiger partial charge in [-0.3, -0.25) is 9.59 Å². The first-order valence-electron chi connectivity index (χ1n) is 9.20. The molecular formula is C21H30N3O2S+. The molecule has 0 spiro atoms. The first-order chi connectivity index (χ1) is 12.6. The van der Waals surface area contributed by atoms with Crippen LogP contribution >= 0.6 is 11.3 Å². The average molecular weight is 389 g/mol. The summed E-state index contributed by atoms with van der Waals surface area (Å²) in [7, 11) is 0. The van der Waals surface area contributed by atoms with Gasteiger partial charge < -0.3 is 16.4 Å². The second-order valence-corrected chi connectivity index (χ2v) is 9.07. The summed E-state index contributed by atoms with van der Waals surface area (Å²) in [4.78, 5) is 23.7. The summed E-state index contributed by atoms with van der Waals surface area (Å²) in [5, 5.41) is 7.09. The zero-order chi connectivity index (χ0) is 20.2. The van der Waals surface area contributed by atoms with Crippen molar-refractivity contribution in [2.75, 3.05) is 11.9 Å². The van der Waals surface area contributed by atoms with Crippen molar-refractivity contribution in [3.63, 3.8) is 0 Å². The number of carbonyl (C=O) groups excluding carboxylic acids is 2. The molecular weight excluding hydrogens is 358 g/mol. The monoisotopic (exact) mass is 388 g/mol. The second-order valence-electron chi connectivity index (χ2n) is 8.16. The molecule has 0 unspecified atom stereocenters. The van der Waals surface area contributed by atoms with Crippen molar-refractivity contribution >= 4 is 28.2 Å². The van der Waals surface area contributed by atoms with Crippen molar-refractivity contribution in [1.82, 2.24) is 0 Å². The number of amides is 2. The van der Waals surface area contributed by atoms with Gasteiger partial charge in [0.1, 0.15) is 11.0 Å². The molecule has 0 aliphatic carbocycles. The molecule has 0 radical (unpaired) electrons. The third-order valence-corrected chi connectivity index (χ3v) is 5.45. The maximum absolute atomic E-state index is 12.3. The van der Waals surface area contributed by atoms with Crippen molar-refractivity contribution in [3.8, 4) is 0 Å². The van der Waals surface area contributed by atoms with E-state index < -0.39 is 5.91 Å². The summed E-state index contributed by atoms with van der Waals surface area (Å²) in [6.07, 6.45) is 0. The Kier molecular flexibility index (Phi) is 6.78. The van der Waals surface area contributed by atoms with Crippen molar-refractivity contribution in [2.45, 2.75) is 46.1 Å². The van der Waals surface area contributed by atoms with Crippen molar-refractivity contribution in [3.05, 3.63) is 52.4 Å². The number of carbonyl (C=O) groups is 2. The van der Waals surface area contributed by atoms with Crippen molar-refractivity contribution in [2.24, 2.45) is 11.7 Å². The Bertz CT molecular complexity index is 789. The second kappa shape index (κ2) is 8.67. The lowest BCUT2D eigenvalue weighted by Crippen LogP contribution is -2.88. The summed E-state index contributed by atoms with van der Waals surface area (Å²) < 4.78 is 0. The minimum absolute atomic E-state index is 0.119. The molecule has 0 bridgehead atoms. The normalized spacial score (nSPS) is 12.8. The van der Waals surface area contributed by atoms with Gasteiger partial charge >= 0.3 is 0 Å². The number of hydrogen-bond acceptors (Lipinski definition) is 3. The molecule has 6 heteroatoms. The van der Waals surface area contributed by atoms with Gasteiger partial charge in [-0.1, -0.05) is 58.9 Å². The molecule has 1 atom stereocenters. The zero-order valence-electron chi connectivity index (χ0n) is 16.7. The molecule has 0 fully saturated rings. The molecule has 5 nitrogen and oxygen atoms in total. The van der Waals surface area contributed by atoms with Crippen molar-refractivity contribution < 1.29 is 14.9 Å². The predicted molar refractivity (Wildman–Crippen MR) is 111 cm³/mol. The molecule has 0 aliphatic rings. The molecule has 146 valence electrons. The molecule has 1 heterocycles. The summed E-state index contributed by atoms with van der Waals surface area (Å²) in [5.74, 6) is -0.298. The number of nitrogens with one attached hydrogen (secondary N) is 1. The maximum Gasteiger partial charge on any atom is 0.280 e. The van der Waals surface area contributed by atoms with Gasteiger partial charge in [-0.15, -0.1) is 11.3 Å². The van der Waals surface area contributed by atoms with Crippen LogP contribution in [0.15, 0.2) is 35.7 Å². The number of benzene rings is 1. The van der Waals surface area contributed by atoms with Gasteiger partial charge in [0.05, 0.1) is 5.56 Å². The topological polar surface area (TPSA) is 88.8 Å². The summed E-state index contributed by atoms with van der Waals surface area (Å²) in [6.45, 7) is 11.2. The fourth-order valence-electron chi connectivity index (χ4n) is 3.01. The van der Waals surface area contributed by atoms with Crippen LogP contribution in [0.3, 0.4) is 0 Å². The Balaban J connectivity index is 2.03. The lowest BCUT2D eigenvalue weighted by molar-refractivity contribution is -0.692. The Hall–Kier alpha value is -2.18. The van der Waals surface area contributed by atoms with Crippen LogP contribution in [0, 0.1) is 5.92 Å². The Labute approximate surface area is 165 Å². The fraction of sp³-hybridized carbons (Fsp3) is 0.429. The van der Waals surface area contributed by atoms with Crippen LogP contribution in [0.4, 0.5) is 5.00 Å². The van der Waals surface area contributed by atoms with Crippen LogP contribution in [-0.2, 0) is 10.2 Å². The standard InChI is InChI=1S/C21H29N3O2S/c1-13(2)18(14-6-8-15(9-7-14)21(3,4)5)23-12-17(25)24-20-16(19(22)26)10-11-27-20/h6-11,13,18,23H,12H2,1-5H3,(H2,22,26)(H,24,25)/p+1/t18-/m0/s1. The number of rotatable bonds is 7. The number of anilines is 1. The Morgan fingerprint density at radius 1 is 1.15 bits per heavy atom. The van der Waals surface area contributed by atoms with Gasteiger partial charge in [-0.05, 0) is 22.4 Å². The molecule has 27 heavy (non-hydrogen) atoms. The highest BCUT2D eigenvalue weighted by Crippen LogP contribution is 2.25. The largest absolute Gasteiger partial charge is 0.366 e. The molecule has 1 aromatic heterocycles. The number of nitrogens with two attached hydrogens (primary N) is 2. The van der Waals surface area contributed by atoms with Gasteiger partial charge in [0, 0.05) is 11.5 Å². The third-order valence-electron chi connectivity index (χ3n) is 4.62. The fourth-order valence-corrected chi connectivity index (χ4v) is 3.82. The number of hydrogen-bond donors (Lipinski definition) is 3. The van der Waals surface area contributed by atoms with E-state index in [0.29, 0.717) is 16.5 Å². The van der Waals surface area contributed by atoms with E-state index in [4.69, 9.17) is 5.73 Å². The predicted octanol–water partition coefficient (Wildman–Crippen LogP) is 3.04. The van der Waals surface area contributed by atoms with Crippen LogP contribution in [0.1, 0.15) is 62.1 Å². The van der Waals surface area contributed by atoms with Crippen LogP contribution < -0.4 is 16.4 Å². The quantitative estimate of drug-likeness (QED) is 0.681. The third kappa shape index (κ3) is 5.65. The Morgan fingerprint density at radius 2 is 1.78 bits per heavy atom. The highest BCUT2D eigenvalue weighted by molar-refractivity contribution is 7.14. The highest BCUT2D eigenvalue weighted by Gasteiger charge is 2.22. The first-order valence-corrected chi connectivity index (χ1v) is 10.1. The molecule has 2 aromatic rings. The molecule has 0 aliphatic heterocycles. The minimum atomic E-state index is -0.533. The van der Waals surface area contributed by atoms with Gasteiger partial charge in [-0.2, -0.15) is 0 Å². The minimum Gasteiger partial charge on any atom is -0.366 e. The average Bonchev–Trinajstić information content (AvgIpc) is 3.02. The van der Waals surface area contributed by atoms with Crippen LogP contribution in [0.2, 0.25) is 0 Å². The van der Waals surface area contributed by atoms with E-state index in [1.165, 1.54) is 22.5 Å². The molecule has 2 rings (SSSR count). The van der Waals surface area contributed by atoms with E-state index in [0.717, 1.165) is 0 Å². The van der Waals surface area contributed by atoms with Crippen LogP contribution in [-0.4, -0.2) is 18.4 Å². The smallest absolute Gasteiger partial charge is 0.280 e. The highest BCUT2D eigenvalue weighted by atomic mass is 32.1. The number of primary amides is 1. The lowest BCUT2D eigenvalue weighted by atomic mass is 9.85.